The Balaban J connectivity index is 1.34. The van der Waals surface area contributed by atoms with Crippen molar-refractivity contribution in [1.29, 1.82) is 0 Å². The highest BCUT2D eigenvalue weighted by atomic mass is 32.2. The van der Waals surface area contributed by atoms with E-state index in [1.807, 2.05) is 18.2 Å². The van der Waals surface area contributed by atoms with Crippen LogP contribution >= 0.6 is 0 Å². The lowest BCUT2D eigenvalue weighted by atomic mass is 9.85. The predicted molar refractivity (Wildman–Crippen MR) is 184 cm³/mol. The van der Waals surface area contributed by atoms with E-state index < -0.39 is 74.0 Å². The van der Waals surface area contributed by atoms with Gasteiger partial charge in [0.15, 0.2) is 5.82 Å². The lowest BCUT2D eigenvalue weighted by Gasteiger charge is -2.35. The molecule has 3 heterocycles. The number of aromatic nitrogens is 4. The number of alkyl carbamates (subject to hydrolysis) is 1. The number of tetrazole rings is 1. The molecular weight excluding hydrogens is 680 g/mol. The van der Waals surface area contributed by atoms with Crippen LogP contribution in [-0.2, 0) is 29.1 Å². The van der Waals surface area contributed by atoms with Gasteiger partial charge in [-0.1, -0.05) is 39.0 Å². The largest absolute Gasteiger partial charge is 0.496 e. The van der Waals surface area contributed by atoms with Crippen molar-refractivity contribution in [3.05, 3.63) is 48.3 Å². The molecule has 17 heteroatoms. The summed E-state index contributed by atoms with van der Waals surface area (Å²) < 4.78 is 38.4. The second-order valence-electron chi connectivity index (χ2n) is 14.6. The molecule has 2 aliphatic heterocycles. The molecule has 0 radical (unpaired) electrons. The number of nitrogens with zero attached hydrogens (tertiary/aromatic N) is 5. The van der Waals surface area contributed by atoms with E-state index in [0.29, 0.717) is 37.1 Å². The van der Waals surface area contributed by atoms with Gasteiger partial charge in [0.2, 0.25) is 21.8 Å². The SMILES string of the molecule is C=C[C@@H]1C[C@]1(NC(=O)[C@@H]1C[C@@H]2CN1C(=O)[C@H](C(C)(C)C)NC(=O)OCCCC=Cc1cc(ccc1OC)-n1nnc2n1)C(=O)NS(=O)(=O)C1CC1. The van der Waals surface area contributed by atoms with Crippen LogP contribution in [0.1, 0.15) is 76.6 Å². The average Bonchev–Trinajstić information content (AvgIpc) is 3.96. The summed E-state index contributed by atoms with van der Waals surface area (Å²) in [5.41, 5.74) is -0.972. The molecule has 1 aromatic carbocycles. The molecule has 51 heavy (non-hydrogen) atoms. The Bertz CT molecular complexity index is 1870. The summed E-state index contributed by atoms with van der Waals surface area (Å²) in [5, 5.41) is 18.0. The van der Waals surface area contributed by atoms with Crippen molar-refractivity contribution in [2.75, 3.05) is 20.3 Å². The Kier molecular flexibility index (Phi) is 9.69. The summed E-state index contributed by atoms with van der Waals surface area (Å²) in [5.74, 6) is -2.20. The minimum absolute atomic E-state index is 0.00264. The summed E-state index contributed by atoms with van der Waals surface area (Å²) in [7, 11) is -2.32. The van der Waals surface area contributed by atoms with Crippen LogP contribution in [0.2, 0.25) is 0 Å². The van der Waals surface area contributed by atoms with Crippen molar-refractivity contribution < 1.29 is 37.1 Å². The summed E-state index contributed by atoms with van der Waals surface area (Å²) in [6, 6.07) is 3.18. The van der Waals surface area contributed by atoms with Crippen molar-refractivity contribution in [3.63, 3.8) is 0 Å². The molecule has 1 aromatic heterocycles. The van der Waals surface area contributed by atoms with Gasteiger partial charge in [0.1, 0.15) is 23.4 Å². The van der Waals surface area contributed by atoms with Gasteiger partial charge in [0, 0.05) is 23.9 Å². The number of fused-ring (bicyclic) bond motifs is 8. The van der Waals surface area contributed by atoms with Gasteiger partial charge < -0.3 is 25.0 Å². The maximum absolute atomic E-state index is 14.4. The first-order chi connectivity index (χ1) is 24.2. The summed E-state index contributed by atoms with van der Waals surface area (Å²) >= 11 is 0. The van der Waals surface area contributed by atoms with E-state index in [1.54, 1.807) is 40.0 Å². The Hall–Kier alpha value is -4.80. The number of sulfonamides is 1. The topological polar surface area (TPSA) is 204 Å². The van der Waals surface area contributed by atoms with E-state index in [-0.39, 0.29) is 31.8 Å². The van der Waals surface area contributed by atoms with Crippen LogP contribution in [0.15, 0.2) is 36.9 Å². The van der Waals surface area contributed by atoms with E-state index >= 15 is 0 Å². The number of ether oxygens (including phenoxy) is 2. The van der Waals surface area contributed by atoms with Gasteiger partial charge in [-0.3, -0.25) is 19.1 Å². The zero-order valence-corrected chi connectivity index (χ0v) is 29.9. The quantitative estimate of drug-likeness (QED) is 0.352. The number of methoxy groups -OCH3 is 1. The minimum Gasteiger partial charge on any atom is -0.496 e. The Morgan fingerprint density at radius 3 is 2.65 bits per heavy atom. The van der Waals surface area contributed by atoms with Crippen LogP contribution in [0, 0.1) is 11.3 Å². The van der Waals surface area contributed by atoms with Crippen LogP contribution in [-0.4, -0.2) is 100 Å². The Labute approximate surface area is 296 Å². The third-order valence-corrected chi connectivity index (χ3v) is 11.6. The molecule has 0 spiro atoms. The van der Waals surface area contributed by atoms with Crippen molar-refractivity contribution in [2.24, 2.45) is 11.3 Å². The van der Waals surface area contributed by atoms with Gasteiger partial charge in [-0.25, -0.2) is 13.2 Å². The minimum atomic E-state index is -3.89. The fraction of sp³-hybridized carbons (Fsp3) is 0.559. The number of nitrogens with one attached hydrogen (secondary N) is 3. The number of allylic oxidation sites excluding steroid dienone is 1. The van der Waals surface area contributed by atoms with E-state index in [0.717, 1.165) is 5.56 Å². The van der Waals surface area contributed by atoms with E-state index in [9.17, 15) is 27.6 Å². The lowest BCUT2D eigenvalue weighted by molar-refractivity contribution is -0.142. The second kappa shape index (κ2) is 13.7. The molecule has 4 amide bonds. The summed E-state index contributed by atoms with van der Waals surface area (Å²) in [6.45, 7) is 9.22. The maximum atomic E-state index is 14.4. The third kappa shape index (κ3) is 7.48. The van der Waals surface area contributed by atoms with Gasteiger partial charge >= 0.3 is 6.09 Å². The normalized spacial score (nSPS) is 26.9. The number of carbonyl (C=O) groups is 4. The molecule has 3 N–H and O–H groups in total. The van der Waals surface area contributed by atoms with Crippen molar-refractivity contribution in [2.45, 2.75) is 88.1 Å². The second-order valence-corrected chi connectivity index (χ2v) is 16.6. The molecule has 6 bridgehead atoms. The van der Waals surface area contributed by atoms with Crippen LogP contribution in [0.5, 0.6) is 5.75 Å². The smallest absolute Gasteiger partial charge is 0.407 e. The van der Waals surface area contributed by atoms with Gasteiger partial charge in [-0.2, -0.15) is 0 Å². The predicted octanol–water partition coefficient (Wildman–Crippen LogP) is 1.97. The Morgan fingerprint density at radius 2 is 1.98 bits per heavy atom. The number of amides is 4. The molecule has 2 aromatic rings. The number of benzene rings is 1. The number of cyclic esters (lactones) is 1. The van der Waals surface area contributed by atoms with Crippen LogP contribution in [0.3, 0.4) is 0 Å². The molecular formula is C34H44N8O8S. The molecule has 4 aliphatic rings. The van der Waals surface area contributed by atoms with Crippen LogP contribution in [0.25, 0.3) is 11.8 Å². The summed E-state index contributed by atoms with van der Waals surface area (Å²) in [6.07, 6.45) is 6.80. The summed E-state index contributed by atoms with van der Waals surface area (Å²) in [4.78, 5) is 57.8. The van der Waals surface area contributed by atoms with Crippen LogP contribution < -0.4 is 20.1 Å². The monoisotopic (exact) mass is 724 g/mol. The highest BCUT2D eigenvalue weighted by Crippen LogP contribution is 2.46. The zero-order chi connectivity index (χ0) is 36.7. The molecule has 5 atom stereocenters. The van der Waals surface area contributed by atoms with Crippen molar-refractivity contribution in [1.82, 2.24) is 40.5 Å². The molecule has 1 saturated heterocycles. The number of carbonyl (C=O) groups excluding carboxylic acids is 4. The molecule has 2 saturated carbocycles. The van der Waals surface area contributed by atoms with Crippen molar-refractivity contribution >= 4 is 39.9 Å². The van der Waals surface area contributed by atoms with E-state index in [1.165, 1.54) is 15.8 Å². The number of hydrogen-bond acceptors (Lipinski definition) is 11. The number of rotatable bonds is 7. The highest BCUT2D eigenvalue weighted by Gasteiger charge is 2.62. The maximum Gasteiger partial charge on any atom is 0.407 e. The molecule has 274 valence electrons. The van der Waals surface area contributed by atoms with Gasteiger partial charge in [0.25, 0.3) is 5.91 Å². The van der Waals surface area contributed by atoms with Crippen LogP contribution in [0.4, 0.5) is 4.79 Å². The van der Waals surface area contributed by atoms with Gasteiger partial charge in [-0.05, 0) is 67.4 Å². The molecule has 16 nitrogen and oxygen atoms in total. The van der Waals surface area contributed by atoms with E-state index in [4.69, 9.17) is 9.47 Å². The first kappa shape index (κ1) is 36.0. The first-order valence-electron chi connectivity index (χ1n) is 17.1. The number of hydrogen-bond donors (Lipinski definition) is 3. The lowest BCUT2D eigenvalue weighted by Crippen LogP contribution is -2.60. The third-order valence-electron chi connectivity index (χ3n) is 9.79. The van der Waals surface area contributed by atoms with E-state index in [2.05, 4.69) is 37.3 Å². The molecule has 0 unspecified atom stereocenters. The average molecular weight is 725 g/mol. The highest BCUT2D eigenvalue weighted by molar-refractivity contribution is 7.91. The fourth-order valence-corrected chi connectivity index (χ4v) is 7.92. The first-order valence-corrected chi connectivity index (χ1v) is 18.6. The Morgan fingerprint density at radius 1 is 1.22 bits per heavy atom. The van der Waals surface area contributed by atoms with Gasteiger partial charge in [-0.15, -0.1) is 21.6 Å². The standard InChI is InChI=1S/C34H44N8O8S/c1-6-22-18-34(22,31(45)39-51(47,48)24-12-13-24)36-29(43)25-17-21-19-41(25)30(44)27(33(2,3)4)35-32(46)50-15-9-7-8-10-20-16-23(11-14-26(20)49-5)42-38-28(21)37-40-42/h6,8,10-11,14,16,21-22,24-25,27H,1,7,9,12-13,15,17-19H2,2-5H3,(H,35,46)(H,36,43)(H,39,45)/t21-,22-,25+,27-,34-/m1/s1. The van der Waals surface area contributed by atoms with Gasteiger partial charge in [0.05, 0.1) is 24.7 Å². The molecule has 3 fully saturated rings. The molecule has 2 aliphatic carbocycles. The fourth-order valence-electron chi connectivity index (χ4n) is 6.56. The van der Waals surface area contributed by atoms with Crippen molar-refractivity contribution in [3.8, 4) is 11.4 Å². The zero-order valence-electron chi connectivity index (χ0n) is 29.1. The molecule has 6 rings (SSSR count).